The molecule has 0 aromatic carbocycles. The average Bonchev–Trinajstić information content (AvgIpc) is 1.78. The van der Waals surface area contributed by atoms with Gasteiger partial charge in [-0.25, -0.2) is 0 Å². The van der Waals surface area contributed by atoms with Gasteiger partial charge in [0.1, 0.15) is 0 Å². The third-order valence-electron chi connectivity index (χ3n) is 1.86. The minimum absolute atomic E-state index is 0.0979. The van der Waals surface area contributed by atoms with Crippen LogP contribution in [-0.4, -0.2) is 22.8 Å². The number of hydrogen-bond acceptors (Lipinski definition) is 2. The molecule has 0 heterocycles. The molecular formula is C8H17NO. The lowest BCUT2D eigenvalue weighted by Crippen LogP contribution is -2.54. The molecule has 2 N–H and O–H groups in total. The van der Waals surface area contributed by atoms with Crippen LogP contribution < -0.4 is 5.32 Å². The molecule has 0 aromatic rings. The maximum atomic E-state index is 9.21. The van der Waals surface area contributed by atoms with Crippen molar-refractivity contribution in [3.8, 4) is 0 Å². The summed E-state index contributed by atoms with van der Waals surface area (Å²) in [6, 6.07) is 0.347. The van der Waals surface area contributed by atoms with Crippen molar-refractivity contribution in [3.63, 3.8) is 0 Å². The zero-order valence-electron chi connectivity index (χ0n) is 7.02. The summed E-state index contributed by atoms with van der Waals surface area (Å²) in [5.74, 6) is 0. The topological polar surface area (TPSA) is 32.3 Å². The molecule has 0 saturated heterocycles. The van der Waals surface area contributed by atoms with Gasteiger partial charge in [0.25, 0.3) is 0 Å². The highest BCUT2D eigenvalue weighted by molar-refractivity contribution is 4.90. The summed E-state index contributed by atoms with van der Waals surface area (Å²) in [5.41, 5.74) is 0.145. The van der Waals surface area contributed by atoms with E-state index in [4.69, 9.17) is 0 Å². The van der Waals surface area contributed by atoms with E-state index in [1.54, 1.807) is 0 Å². The SMILES string of the molecule is CC(C)(C)N[C@@H]1CC[C@H]1O. The maximum absolute atomic E-state index is 9.21. The van der Waals surface area contributed by atoms with E-state index in [-0.39, 0.29) is 11.6 Å². The van der Waals surface area contributed by atoms with Crippen LogP contribution in [0.2, 0.25) is 0 Å². The monoisotopic (exact) mass is 143 g/mol. The molecule has 0 radical (unpaired) electrons. The number of hydrogen-bond donors (Lipinski definition) is 2. The van der Waals surface area contributed by atoms with Gasteiger partial charge in [0.05, 0.1) is 6.10 Å². The lowest BCUT2D eigenvalue weighted by atomic mass is 9.87. The van der Waals surface area contributed by atoms with Crippen LogP contribution in [0.5, 0.6) is 0 Å². The number of nitrogens with one attached hydrogen (secondary N) is 1. The van der Waals surface area contributed by atoms with Gasteiger partial charge in [-0.3, -0.25) is 0 Å². The van der Waals surface area contributed by atoms with Crippen molar-refractivity contribution in [1.29, 1.82) is 0 Å². The van der Waals surface area contributed by atoms with Crippen LogP contribution in [0.3, 0.4) is 0 Å². The third-order valence-corrected chi connectivity index (χ3v) is 1.86. The summed E-state index contributed by atoms with van der Waals surface area (Å²) in [5, 5.41) is 12.6. The quantitative estimate of drug-likeness (QED) is 0.571. The van der Waals surface area contributed by atoms with Gasteiger partial charge >= 0.3 is 0 Å². The van der Waals surface area contributed by atoms with Gasteiger partial charge in [0, 0.05) is 11.6 Å². The second-order valence-corrected chi connectivity index (χ2v) is 4.15. The molecular weight excluding hydrogens is 126 g/mol. The zero-order chi connectivity index (χ0) is 7.78. The van der Waals surface area contributed by atoms with Crippen molar-refractivity contribution in [2.24, 2.45) is 0 Å². The van der Waals surface area contributed by atoms with Gasteiger partial charge in [-0.05, 0) is 33.6 Å². The minimum Gasteiger partial charge on any atom is -0.392 e. The number of rotatable bonds is 1. The fraction of sp³-hybridized carbons (Fsp3) is 1.00. The Hall–Kier alpha value is -0.0800. The van der Waals surface area contributed by atoms with Crippen LogP contribution in [0.4, 0.5) is 0 Å². The summed E-state index contributed by atoms with van der Waals surface area (Å²) in [6.45, 7) is 6.37. The summed E-state index contributed by atoms with van der Waals surface area (Å²) >= 11 is 0. The summed E-state index contributed by atoms with van der Waals surface area (Å²) in [6.07, 6.45) is 1.99. The Bertz CT molecular complexity index is 117. The molecule has 0 aromatic heterocycles. The van der Waals surface area contributed by atoms with Crippen LogP contribution in [0.25, 0.3) is 0 Å². The first-order chi connectivity index (χ1) is 4.49. The smallest absolute Gasteiger partial charge is 0.0693 e. The molecule has 60 valence electrons. The molecule has 0 amide bonds. The molecule has 0 aliphatic heterocycles. The van der Waals surface area contributed by atoms with Gasteiger partial charge < -0.3 is 10.4 Å². The molecule has 0 bridgehead atoms. The standard InChI is InChI=1S/C8H17NO/c1-8(2,3)9-6-4-5-7(6)10/h6-7,9-10H,4-5H2,1-3H3/t6-,7-/m1/s1. The molecule has 0 unspecified atom stereocenters. The van der Waals surface area contributed by atoms with E-state index in [0.717, 1.165) is 12.8 Å². The van der Waals surface area contributed by atoms with Crippen LogP contribution >= 0.6 is 0 Å². The Morgan fingerprint density at radius 2 is 1.90 bits per heavy atom. The Labute approximate surface area is 62.6 Å². The van der Waals surface area contributed by atoms with Crippen molar-refractivity contribution >= 4 is 0 Å². The normalized spacial score (nSPS) is 33.6. The fourth-order valence-electron chi connectivity index (χ4n) is 1.21. The van der Waals surface area contributed by atoms with E-state index in [1.165, 1.54) is 0 Å². The van der Waals surface area contributed by atoms with Gasteiger partial charge in [-0.2, -0.15) is 0 Å². The molecule has 2 heteroatoms. The van der Waals surface area contributed by atoms with Crippen LogP contribution in [-0.2, 0) is 0 Å². The fourth-order valence-corrected chi connectivity index (χ4v) is 1.21. The molecule has 1 fully saturated rings. The molecule has 1 aliphatic rings. The lowest BCUT2D eigenvalue weighted by Gasteiger charge is -2.38. The first-order valence-corrected chi connectivity index (χ1v) is 3.95. The van der Waals surface area contributed by atoms with Crippen molar-refractivity contribution in [1.82, 2.24) is 5.32 Å². The van der Waals surface area contributed by atoms with Crippen molar-refractivity contribution < 1.29 is 5.11 Å². The Kier molecular flexibility index (Phi) is 2.02. The number of aliphatic hydroxyl groups is 1. The van der Waals surface area contributed by atoms with Gasteiger partial charge in [0.2, 0.25) is 0 Å². The Morgan fingerprint density at radius 1 is 1.30 bits per heavy atom. The summed E-state index contributed by atoms with van der Waals surface area (Å²) in [7, 11) is 0. The summed E-state index contributed by atoms with van der Waals surface area (Å²) in [4.78, 5) is 0. The van der Waals surface area contributed by atoms with E-state index < -0.39 is 0 Å². The van der Waals surface area contributed by atoms with Crippen molar-refractivity contribution in [2.75, 3.05) is 0 Å². The highest BCUT2D eigenvalue weighted by atomic mass is 16.3. The van der Waals surface area contributed by atoms with Crippen LogP contribution in [0.15, 0.2) is 0 Å². The first-order valence-electron chi connectivity index (χ1n) is 3.95. The van der Waals surface area contributed by atoms with Gasteiger partial charge in [-0.1, -0.05) is 0 Å². The van der Waals surface area contributed by atoms with E-state index in [1.807, 2.05) is 0 Å². The molecule has 1 aliphatic carbocycles. The Morgan fingerprint density at radius 3 is 2.00 bits per heavy atom. The van der Waals surface area contributed by atoms with E-state index in [9.17, 15) is 5.11 Å². The van der Waals surface area contributed by atoms with E-state index >= 15 is 0 Å². The minimum atomic E-state index is -0.0979. The predicted octanol–water partition coefficient (Wildman–Crippen LogP) is 0.898. The third kappa shape index (κ3) is 1.96. The van der Waals surface area contributed by atoms with E-state index in [0.29, 0.717) is 6.04 Å². The molecule has 0 spiro atoms. The largest absolute Gasteiger partial charge is 0.392 e. The second kappa shape index (κ2) is 2.51. The Balaban J connectivity index is 2.26. The molecule has 10 heavy (non-hydrogen) atoms. The van der Waals surface area contributed by atoms with Crippen LogP contribution in [0, 0.1) is 0 Å². The average molecular weight is 143 g/mol. The van der Waals surface area contributed by atoms with Crippen molar-refractivity contribution in [3.05, 3.63) is 0 Å². The summed E-state index contributed by atoms with van der Waals surface area (Å²) < 4.78 is 0. The van der Waals surface area contributed by atoms with Gasteiger partial charge in [0.15, 0.2) is 0 Å². The molecule has 1 saturated carbocycles. The van der Waals surface area contributed by atoms with Gasteiger partial charge in [-0.15, -0.1) is 0 Å². The lowest BCUT2D eigenvalue weighted by molar-refractivity contribution is 0.0374. The predicted molar refractivity (Wildman–Crippen MR) is 41.9 cm³/mol. The highest BCUT2D eigenvalue weighted by Crippen LogP contribution is 2.21. The molecule has 1 rings (SSSR count). The van der Waals surface area contributed by atoms with Crippen molar-refractivity contribution in [2.45, 2.75) is 51.3 Å². The van der Waals surface area contributed by atoms with Crippen LogP contribution in [0.1, 0.15) is 33.6 Å². The maximum Gasteiger partial charge on any atom is 0.0693 e. The molecule has 2 nitrogen and oxygen atoms in total. The molecule has 2 atom stereocenters. The second-order valence-electron chi connectivity index (χ2n) is 4.15. The zero-order valence-corrected chi connectivity index (χ0v) is 7.02. The number of aliphatic hydroxyl groups excluding tert-OH is 1. The van der Waals surface area contributed by atoms with E-state index in [2.05, 4.69) is 26.1 Å². The highest BCUT2D eigenvalue weighted by Gasteiger charge is 2.31. The first kappa shape index (κ1) is 8.02.